The molecule has 0 aliphatic rings. The molecule has 1 aromatic rings. The van der Waals surface area contributed by atoms with E-state index in [2.05, 4.69) is 9.97 Å². The Morgan fingerprint density at radius 2 is 2.12 bits per heavy atom. The highest BCUT2D eigenvalue weighted by atomic mass is 16.5. The maximum atomic E-state index is 10.8. The molecule has 0 atom stereocenters. The molecule has 0 unspecified atom stereocenters. The smallest absolute Gasteiger partial charge is 0.335 e. The first-order valence-electron chi connectivity index (χ1n) is 5.06. The molecule has 0 aliphatic heterocycles. The van der Waals surface area contributed by atoms with Crippen LogP contribution in [-0.4, -0.2) is 34.8 Å². The van der Waals surface area contributed by atoms with Crippen LogP contribution in [0.25, 0.3) is 0 Å². The Labute approximate surface area is 98.9 Å². The molecule has 1 rings (SSSR count). The monoisotopic (exact) mass is 238 g/mol. The second-order valence-corrected chi connectivity index (χ2v) is 3.17. The van der Waals surface area contributed by atoms with Crippen LogP contribution in [0.15, 0.2) is 24.2 Å². The summed E-state index contributed by atoms with van der Waals surface area (Å²) in [5.74, 6) is -1.03. The summed E-state index contributed by atoms with van der Waals surface area (Å²) in [4.78, 5) is 18.7. The minimum absolute atomic E-state index is 0.139. The quantitative estimate of drug-likeness (QED) is 0.589. The van der Waals surface area contributed by atoms with Crippen LogP contribution in [0.2, 0.25) is 0 Å². The zero-order valence-corrected chi connectivity index (χ0v) is 9.71. The Balaban J connectivity index is 2.73. The van der Waals surface area contributed by atoms with Gasteiger partial charge in [0.05, 0.1) is 25.6 Å². The fourth-order valence-corrected chi connectivity index (χ4v) is 1.17. The number of hydrogen-bond acceptors (Lipinski definition) is 5. The number of ether oxygens (including phenoxy) is 2. The van der Waals surface area contributed by atoms with Gasteiger partial charge in [0.25, 0.3) is 0 Å². The molecule has 0 aromatic carbocycles. The maximum absolute atomic E-state index is 10.8. The molecule has 0 radical (unpaired) electrons. The van der Waals surface area contributed by atoms with Gasteiger partial charge in [0.2, 0.25) is 0 Å². The number of nitrogens with zero attached hydrogens (tertiary/aromatic N) is 2. The number of hydrogen-bond donors (Lipinski definition) is 1. The number of carboxylic acid groups (broad SMARTS) is 1. The van der Waals surface area contributed by atoms with Crippen LogP contribution in [-0.2, 0) is 16.0 Å². The van der Waals surface area contributed by atoms with E-state index in [9.17, 15) is 4.79 Å². The molecule has 0 spiro atoms. The second-order valence-electron chi connectivity index (χ2n) is 3.17. The summed E-state index contributed by atoms with van der Waals surface area (Å²) < 4.78 is 9.77. The number of carboxylic acids is 1. The molecule has 0 saturated heterocycles. The molecule has 92 valence electrons. The van der Waals surface area contributed by atoms with Crippen LogP contribution in [0.1, 0.15) is 12.5 Å². The third kappa shape index (κ3) is 4.10. The van der Waals surface area contributed by atoms with Gasteiger partial charge in [0.15, 0.2) is 0 Å². The zero-order valence-electron chi connectivity index (χ0n) is 9.71. The van der Waals surface area contributed by atoms with E-state index in [0.29, 0.717) is 12.2 Å². The molecule has 17 heavy (non-hydrogen) atoms. The van der Waals surface area contributed by atoms with E-state index in [0.717, 1.165) is 0 Å². The number of aliphatic carboxylic acids is 1. The van der Waals surface area contributed by atoms with E-state index < -0.39 is 5.97 Å². The van der Waals surface area contributed by atoms with Crippen molar-refractivity contribution in [2.24, 2.45) is 0 Å². The van der Waals surface area contributed by atoms with Crippen LogP contribution >= 0.6 is 0 Å². The van der Waals surface area contributed by atoms with Crippen LogP contribution < -0.4 is 4.74 Å². The van der Waals surface area contributed by atoms with Gasteiger partial charge in [-0.1, -0.05) is 0 Å². The predicted octanol–water partition coefficient (Wildman–Crippen LogP) is 1.03. The Morgan fingerprint density at radius 1 is 1.47 bits per heavy atom. The Kier molecular flexibility index (Phi) is 4.93. The highest BCUT2D eigenvalue weighted by Gasteiger charge is 2.09. The van der Waals surface area contributed by atoms with Gasteiger partial charge in [-0.25, -0.2) is 14.8 Å². The van der Waals surface area contributed by atoms with Gasteiger partial charge in [-0.15, -0.1) is 0 Å². The average Bonchev–Trinajstić information content (AvgIpc) is 2.31. The van der Waals surface area contributed by atoms with Crippen molar-refractivity contribution in [3.8, 4) is 6.01 Å². The summed E-state index contributed by atoms with van der Waals surface area (Å²) >= 11 is 0. The summed E-state index contributed by atoms with van der Waals surface area (Å²) in [7, 11) is 1.40. The molecular formula is C11H14N2O4. The number of methoxy groups -OCH3 is 1. The van der Waals surface area contributed by atoms with Crippen LogP contribution in [0.3, 0.4) is 0 Å². The number of carbonyl (C=O) groups is 1. The van der Waals surface area contributed by atoms with Gasteiger partial charge in [-0.05, 0) is 12.5 Å². The van der Waals surface area contributed by atoms with E-state index >= 15 is 0 Å². The molecular weight excluding hydrogens is 224 g/mol. The predicted molar refractivity (Wildman–Crippen MR) is 59.6 cm³/mol. The molecule has 1 heterocycles. The third-order valence-electron chi connectivity index (χ3n) is 1.88. The van der Waals surface area contributed by atoms with Gasteiger partial charge in [-0.3, -0.25) is 0 Å². The van der Waals surface area contributed by atoms with Gasteiger partial charge >= 0.3 is 12.0 Å². The fraction of sp³-hybridized carbons (Fsp3) is 0.364. The lowest BCUT2D eigenvalue weighted by Gasteiger charge is -2.03. The minimum Gasteiger partial charge on any atom is -0.504 e. The molecule has 0 fully saturated rings. The largest absolute Gasteiger partial charge is 0.504 e. The van der Waals surface area contributed by atoms with Crippen molar-refractivity contribution in [1.82, 2.24) is 9.97 Å². The molecule has 0 amide bonds. The highest BCUT2D eigenvalue weighted by molar-refractivity contribution is 5.86. The standard InChI is InChI=1S/C11H14N2O4/c1-3-17-11-12-5-8(6-13-11)4-9(7-16-2)10(14)15/h5-7H,3-4H2,1-2H3,(H,14,15). The normalized spacial score (nSPS) is 11.1. The first kappa shape index (κ1) is 13.0. The third-order valence-corrected chi connectivity index (χ3v) is 1.88. The van der Waals surface area contributed by atoms with Crippen molar-refractivity contribution in [2.75, 3.05) is 13.7 Å². The lowest BCUT2D eigenvalue weighted by molar-refractivity contribution is -0.132. The second kappa shape index (κ2) is 6.47. The number of aromatic nitrogens is 2. The summed E-state index contributed by atoms with van der Waals surface area (Å²) in [6, 6.07) is 0.281. The summed E-state index contributed by atoms with van der Waals surface area (Å²) in [6.45, 7) is 2.32. The minimum atomic E-state index is -1.03. The fourth-order valence-electron chi connectivity index (χ4n) is 1.17. The van der Waals surface area contributed by atoms with Crippen molar-refractivity contribution in [2.45, 2.75) is 13.3 Å². The summed E-state index contributed by atoms with van der Waals surface area (Å²) in [5, 5.41) is 8.89. The Hall–Kier alpha value is -2.11. The molecule has 0 bridgehead atoms. The molecule has 6 heteroatoms. The van der Waals surface area contributed by atoms with Gasteiger partial charge in [0, 0.05) is 18.8 Å². The van der Waals surface area contributed by atoms with Crippen LogP contribution in [0, 0.1) is 0 Å². The topological polar surface area (TPSA) is 81.5 Å². The van der Waals surface area contributed by atoms with E-state index in [-0.39, 0.29) is 18.0 Å². The number of rotatable bonds is 6. The van der Waals surface area contributed by atoms with Gasteiger partial charge in [-0.2, -0.15) is 0 Å². The first-order valence-corrected chi connectivity index (χ1v) is 5.06. The van der Waals surface area contributed by atoms with Crippen molar-refractivity contribution in [1.29, 1.82) is 0 Å². The van der Waals surface area contributed by atoms with E-state index in [1.54, 1.807) is 0 Å². The van der Waals surface area contributed by atoms with E-state index in [1.807, 2.05) is 6.92 Å². The van der Waals surface area contributed by atoms with Crippen molar-refractivity contribution in [3.05, 3.63) is 29.8 Å². The lowest BCUT2D eigenvalue weighted by Crippen LogP contribution is -2.05. The summed E-state index contributed by atoms with van der Waals surface area (Å²) in [5.41, 5.74) is 0.819. The molecule has 0 aliphatic carbocycles. The Bertz CT molecular complexity index is 400. The molecule has 0 saturated carbocycles. The SMILES string of the molecule is CCOc1ncc(CC(=COC)C(=O)O)cn1. The molecule has 1 aromatic heterocycles. The van der Waals surface area contributed by atoms with Gasteiger partial charge < -0.3 is 14.6 Å². The zero-order chi connectivity index (χ0) is 12.7. The molecule has 1 N–H and O–H groups in total. The lowest BCUT2D eigenvalue weighted by atomic mass is 10.1. The average molecular weight is 238 g/mol. The molecule has 6 nitrogen and oxygen atoms in total. The van der Waals surface area contributed by atoms with E-state index in [1.165, 1.54) is 25.8 Å². The highest BCUT2D eigenvalue weighted by Crippen LogP contribution is 2.09. The van der Waals surface area contributed by atoms with Crippen molar-refractivity contribution in [3.63, 3.8) is 0 Å². The Morgan fingerprint density at radius 3 is 2.59 bits per heavy atom. The van der Waals surface area contributed by atoms with Crippen LogP contribution in [0.4, 0.5) is 0 Å². The summed E-state index contributed by atoms with van der Waals surface area (Å²) in [6.07, 6.45) is 4.46. The maximum Gasteiger partial charge on any atom is 0.335 e. The van der Waals surface area contributed by atoms with Crippen molar-refractivity contribution < 1.29 is 19.4 Å². The van der Waals surface area contributed by atoms with E-state index in [4.69, 9.17) is 14.6 Å². The van der Waals surface area contributed by atoms with Gasteiger partial charge in [0.1, 0.15) is 0 Å². The van der Waals surface area contributed by atoms with Crippen LogP contribution in [0.5, 0.6) is 6.01 Å². The van der Waals surface area contributed by atoms with Crippen molar-refractivity contribution >= 4 is 5.97 Å². The first-order chi connectivity index (χ1) is 8.17.